The van der Waals surface area contributed by atoms with Crippen molar-refractivity contribution in [2.75, 3.05) is 0 Å². The van der Waals surface area contributed by atoms with Crippen LogP contribution >= 0.6 is 0 Å². The van der Waals surface area contributed by atoms with E-state index < -0.39 is 13.3 Å². The van der Waals surface area contributed by atoms with Gasteiger partial charge in [0.1, 0.15) is 0 Å². The topological polar surface area (TPSA) is 12.9 Å². The summed E-state index contributed by atoms with van der Waals surface area (Å²) in [6.07, 6.45) is 0.470. The number of hydrogen-bond acceptors (Lipinski definition) is 1. The third-order valence-corrected chi connectivity index (χ3v) is 1.17. The molecular weight excluding hydrogens is 193 g/mol. The number of nitrogens with zero attached hydrogens (tertiary/aromatic N) is 1. The Kier molecular flexibility index (Phi) is 5.68. The quantitative estimate of drug-likeness (QED) is 0.557. The molecule has 0 bridgehead atoms. The number of rotatable bonds is 2. The molecule has 60 valence electrons. The van der Waals surface area contributed by atoms with Crippen LogP contribution < -0.4 is 51.4 Å². The maximum absolute atomic E-state index is 11.8. The molecule has 1 rings (SSSR count). The zero-order valence-electron chi connectivity index (χ0n) is 6.67. The van der Waals surface area contributed by atoms with E-state index in [4.69, 9.17) is 0 Å². The van der Waals surface area contributed by atoms with Gasteiger partial charge in [-0.2, -0.15) is 0 Å². The van der Waals surface area contributed by atoms with Crippen molar-refractivity contribution in [2.45, 2.75) is 6.32 Å². The van der Waals surface area contributed by atoms with E-state index in [1.807, 2.05) is 0 Å². The Bertz CT molecular complexity index is 226. The maximum Gasteiger partial charge on any atom is 1.00 e. The monoisotopic (exact) mass is 199 g/mol. The SMILES string of the molecule is F[B-](F)(F)Cc1ccccn1.[K+]. The van der Waals surface area contributed by atoms with Crippen LogP contribution in [0.15, 0.2) is 24.4 Å². The Balaban J connectivity index is 0.00000121. The molecule has 0 aromatic carbocycles. The third-order valence-electron chi connectivity index (χ3n) is 1.17. The Labute approximate surface area is 111 Å². The molecule has 0 unspecified atom stereocenters. The summed E-state index contributed by atoms with van der Waals surface area (Å²) in [5.74, 6) is 0. The smallest absolute Gasteiger partial charge is 0.449 e. The summed E-state index contributed by atoms with van der Waals surface area (Å²) in [6, 6.07) is 4.51. The van der Waals surface area contributed by atoms with Crippen LogP contribution in [0.25, 0.3) is 0 Å². The predicted molar refractivity (Wildman–Crippen MR) is 37.0 cm³/mol. The fourth-order valence-electron chi connectivity index (χ4n) is 0.756. The zero-order chi connectivity index (χ0) is 8.32. The molecule has 1 heterocycles. The third kappa shape index (κ3) is 5.32. The molecule has 0 fully saturated rings. The summed E-state index contributed by atoms with van der Waals surface area (Å²) in [5.41, 5.74) is 0.0833. The molecule has 0 N–H and O–H groups in total. The predicted octanol–water partition coefficient (Wildman–Crippen LogP) is -0.985. The normalized spacial score (nSPS) is 10.6. The first-order chi connectivity index (χ1) is 5.08. The van der Waals surface area contributed by atoms with Gasteiger partial charge in [0.15, 0.2) is 0 Å². The van der Waals surface area contributed by atoms with Crippen molar-refractivity contribution in [3.05, 3.63) is 30.1 Å². The molecule has 0 radical (unpaired) electrons. The molecule has 0 spiro atoms. The largest absolute Gasteiger partial charge is 1.00 e. The average molecular weight is 199 g/mol. The van der Waals surface area contributed by atoms with Gasteiger partial charge in [-0.25, -0.2) is 0 Å². The van der Waals surface area contributed by atoms with Gasteiger partial charge in [-0.15, -0.1) is 0 Å². The van der Waals surface area contributed by atoms with Crippen LogP contribution in [0.5, 0.6) is 0 Å². The Hall–Kier alpha value is 0.641. The number of hydrogen-bond donors (Lipinski definition) is 0. The van der Waals surface area contributed by atoms with Crippen molar-refractivity contribution in [3.63, 3.8) is 0 Å². The van der Waals surface area contributed by atoms with Gasteiger partial charge < -0.3 is 12.9 Å². The van der Waals surface area contributed by atoms with Gasteiger partial charge in [0.25, 0.3) is 0 Å². The Morgan fingerprint density at radius 2 is 1.92 bits per heavy atom. The van der Waals surface area contributed by atoms with Crippen molar-refractivity contribution in [1.82, 2.24) is 4.98 Å². The summed E-state index contributed by atoms with van der Waals surface area (Å²) in [4.78, 5) is 3.56. The number of halogens is 3. The molecule has 0 aliphatic heterocycles. The van der Waals surface area contributed by atoms with E-state index in [0.717, 1.165) is 0 Å². The van der Waals surface area contributed by atoms with E-state index in [1.54, 1.807) is 12.1 Å². The summed E-state index contributed by atoms with van der Waals surface area (Å²) >= 11 is 0. The van der Waals surface area contributed by atoms with Gasteiger partial charge in [0.05, 0.1) is 0 Å². The molecule has 6 heteroatoms. The molecule has 0 atom stereocenters. The van der Waals surface area contributed by atoms with Crippen molar-refractivity contribution < 1.29 is 64.3 Å². The fourth-order valence-corrected chi connectivity index (χ4v) is 0.756. The number of pyridine rings is 1. The summed E-state index contributed by atoms with van der Waals surface area (Å²) in [6.45, 7) is -4.74. The van der Waals surface area contributed by atoms with Gasteiger partial charge in [-0.3, -0.25) is 4.98 Å². The van der Waals surface area contributed by atoms with Crippen LogP contribution in [0.1, 0.15) is 5.69 Å². The minimum atomic E-state index is -4.74. The summed E-state index contributed by atoms with van der Waals surface area (Å²) in [7, 11) is 0. The first-order valence-electron chi connectivity index (χ1n) is 3.19. The van der Waals surface area contributed by atoms with E-state index in [-0.39, 0.29) is 57.1 Å². The molecule has 0 saturated carbocycles. The van der Waals surface area contributed by atoms with Crippen LogP contribution in [0.2, 0.25) is 0 Å². The van der Waals surface area contributed by atoms with Crippen LogP contribution in [-0.2, 0) is 6.32 Å². The van der Waals surface area contributed by atoms with Gasteiger partial charge >= 0.3 is 58.4 Å². The van der Waals surface area contributed by atoms with Gasteiger partial charge in [-0.1, -0.05) is 6.07 Å². The van der Waals surface area contributed by atoms with Crippen LogP contribution in [0, 0.1) is 0 Å². The molecule has 0 aliphatic carbocycles. The second-order valence-corrected chi connectivity index (χ2v) is 2.24. The van der Waals surface area contributed by atoms with Gasteiger partial charge in [0, 0.05) is 11.9 Å². The van der Waals surface area contributed by atoms with Crippen LogP contribution in [0.3, 0.4) is 0 Å². The Morgan fingerprint density at radius 3 is 2.33 bits per heavy atom. The van der Waals surface area contributed by atoms with Crippen molar-refractivity contribution >= 4 is 6.98 Å². The molecule has 0 aliphatic rings. The van der Waals surface area contributed by atoms with Crippen LogP contribution in [-0.4, -0.2) is 12.0 Å². The average Bonchev–Trinajstić information content (AvgIpc) is 1.85. The van der Waals surface area contributed by atoms with E-state index in [0.29, 0.717) is 0 Å². The van der Waals surface area contributed by atoms with Gasteiger partial charge in [-0.05, 0) is 18.5 Å². The molecule has 12 heavy (non-hydrogen) atoms. The first-order valence-corrected chi connectivity index (χ1v) is 3.19. The second-order valence-electron chi connectivity index (χ2n) is 2.24. The van der Waals surface area contributed by atoms with E-state index >= 15 is 0 Å². The van der Waals surface area contributed by atoms with E-state index in [9.17, 15) is 12.9 Å². The van der Waals surface area contributed by atoms with E-state index in [1.165, 1.54) is 12.3 Å². The maximum atomic E-state index is 11.8. The van der Waals surface area contributed by atoms with Crippen LogP contribution in [0.4, 0.5) is 12.9 Å². The summed E-state index contributed by atoms with van der Waals surface area (Å²) < 4.78 is 35.3. The second kappa shape index (κ2) is 5.39. The Morgan fingerprint density at radius 1 is 1.25 bits per heavy atom. The van der Waals surface area contributed by atoms with Crippen molar-refractivity contribution in [2.24, 2.45) is 0 Å². The van der Waals surface area contributed by atoms with Crippen molar-refractivity contribution in [3.8, 4) is 0 Å². The summed E-state index contributed by atoms with van der Waals surface area (Å²) in [5, 5.41) is 0. The molecular formula is C6H6BF3KN. The van der Waals surface area contributed by atoms with E-state index in [2.05, 4.69) is 4.98 Å². The van der Waals surface area contributed by atoms with Gasteiger partial charge in [0.2, 0.25) is 0 Å². The fraction of sp³-hybridized carbons (Fsp3) is 0.167. The zero-order valence-corrected chi connectivity index (χ0v) is 9.80. The minimum absolute atomic E-state index is 0. The van der Waals surface area contributed by atoms with Crippen molar-refractivity contribution in [1.29, 1.82) is 0 Å². The first kappa shape index (κ1) is 12.6. The standard InChI is InChI=1S/C6H6BF3N.K/c8-7(9,10)5-6-3-1-2-4-11-6;/h1-4H,5H2;/q-1;+1. The minimum Gasteiger partial charge on any atom is -0.449 e. The molecule has 1 nitrogen and oxygen atoms in total. The molecule has 0 amide bonds. The number of aromatic nitrogens is 1. The molecule has 1 aromatic heterocycles. The molecule has 0 saturated heterocycles. The molecule has 1 aromatic rings.